The number of carbonyl (C=O) groups is 1. The predicted molar refractivity (Wildman–Crippen MR) is 115 cm³/mol. The number of fused-ring (bicyclic) bond motifs is 1. The fourth-order valence-corrected chi connectivity index (χ4v) is 3.46. The van der Waals surface area contributed by atoms with E-state index in [4.69, 9.17) is 0 Å². The number of amides is 1. The first-order valence-corrected chi connectivity index (χ1v) is 9.86. The van der Waals surface area contributed by atoms with Gasteiger partial charge in [0.1, 0.15) is 0 Å². The molecule has 0 radical (unpaired) electrons. The van der Waals surface area contributed by atoms with Gasteiger partial charge >= 0.3 is 0 Å². The van der Waals surface area contributed by atoms with Gasteiger partial charge in [-0.15, -0.1) is 0 Å². The zero-order valence-electron chi connectivity index (χ0n) is 17.2. The van der Waals surface area contributed by atoms with Crippen molar-refractivity contribution in [3.63, 3.8) is 0 Å². The summed E-state index contributed by atoms with van der Waals surface area (Å²) in [5.41, 5.74) is 4.67. The molecule has 0 atom stereocenters. The minimum absolute atomic E-state index is 0.138. The standard InChI is InChI=1S/C24H29N3O/c1-5-19(4)15-26-17-21(22-8-6-7-9-23(22)26)14-24(28)27(18(2)3)16-20-10-12-25-13-11-20/h5-13,17-18H,14-16H2,1-4H3/b19-5+. The molecule has 3 rings (SSSR count). The fourth-order valence-electron chi connectivity index (χ4n) is 3.46. The minimum atomic E-state index is 0.138. The van der Waals surface area contributed by atoms with Gasteiger partial charge in [0.2, 0.25) is 5.91 Å². The number of benzene rings is 1. The summed E-state index contributed by atoms with van der Waals surface area (Å²) in [5, 5.41) is 1.16. The molecule has 0 N–H and O–H groups in total. The van der Waals surface area contributed by atoms with E-state index in [-0.39, 0.29) is 11.9 Å². The van der Waals surface area contributed by atoms with Crippen molar-refractivity contribution in [3.05, 3.63) is 77.8 Å². The summed E-state index contributed by atoms with van der Waals surface area (Å²) in [4.78, 5) is 19.2. The number of allylic oxidation sites excluding steroid dienone is 2. The molecule has 0 aliphatic heterocycles. The monoisotopic (exact) mass is 375 g/mol. The van der Waals surface area contributed by atoms with Crippen molar-refractivity contribution < 1.29 is 4.79 Å². The Hall–Kier alpha value is -2.88. The van der Waals surface area contributed by atoms with Crippen molar-refractivity contribution in [1.29, 1.82) is 0 Å². The van der Waals surface area contributed by atoms with Gasteiger partial charge in [0, 0.05) is 48.6 Å². The Morgan fingerprint density at radius 1 is 1.18 bits per heavy atom. The average Bonchev–Trinajstić information content (AvgIpc) is 3.03. The molecule has 146 valence electrons. The zero-order valence-corrected chi connectivity index (χ0v) is 17.2. The van der Waals surface area contributed by atoms with Gasteiger partial charge in [0.25, 0.3) is 0 Å². The number of nitrogens with zero attached hydrogens (tertiary/aromatic N) is 3. The van der Waals surface area contributed by atoms with E-state index < -0.39 is 0 Å². The second-order valence-corrected chi connectivity index (χ2v) is 7.58. The normalized spacial score (nSPS) is 12.0. The van der Waals surface area contributed by atoms with E-state index in [1.54, 1.807) is 12.4 Å². The molecule has 2 aromatic heterocycles. The van der Waals surface area contributed by atoms with Crippen LogP contribution in [0.1, 0.15) is 38.8 Å². The minimum Gasteiger partial charge on any atom is -0.343 e. The van der Waals surface area contributed by atoms with Crippen LogP contribution in [0.4, 0.5) is 0 Å². The first-order chi connectivity index (χ1) is 13.5. The molecule has 4 heteroatoms. The highest BCUT2D eigenvalue weighted by Crippen LogP contribution is 2.24. The van der Waals surface area contributed by atoms with Crippen LogP contribution >= 0.6 is 0 Å². The highest BCUT2D eigenvalue weighted by Gasteiger charge is 2.20. The third-order valence-electron chi connectivity index (χ3n) is 5.17. The van der Waals surface area contributed by atoms with Gasteiger partial charge in [0.05, 0.1) is 6.42 Å². The molecule has 3 aromatic rings. The highest BCUT2D eigenvalue weighted by atomic mass is 16.2. The number of rotatable bonds is 7. The second kappa shape index (κ2) is 8.87. The largest absolute Gasteiger partial charge is 0.343 e. The topological polar surface area (TPSA) is 38.1 Å². The summed E-state index contributed by atoms with van der Waals surface area (Å²) in [5.74, 6) is 0.150. The van der Waals surface area contributed by atoms with Crippen molar-refractivity contribution in [3.8, 4) is 0 Å². The number of aromatic nitrogens is 2. The number of pyridine rings is 1. The Bertz CT molecular complexity index is 970. The lowest BCUT2D eigenvalue weighted by Crippen LogP contribution is -2.37. The third kappa shape index (κ3) is 4.50. The van der Waals surface area contributed by atoms with E-state index in [2.05, 4.69) is 67.7 Å². The number of hydrogen-bond donors (Lipinski definition) is 0. The first-order valence-electron chi connectivity index (χ1n) is 9.86. The summed E-state index contributed by atoms with van der Waals surface area (Å²) >= 11 is 0. The summed E-state index contributed by atoms with van der Waals surface area (Å²) in [6, 6.07) is 12.4. The summed E-state index contributed by atoms with van der Waals surface area (Å²) < 4.78 is 2.25. The smallest absolute Gasteiger partial charge is 0.227 e. The number of hydrogen-bond acceptors (Lipinski definition) is 2. The van der Waals surface area contributed by atoms with E-state index in [1.165, 1.54) is 11.1 Å². The van der Waals surface area contributed by atoms with Crippen LogP contribution in [0.25, 0.3) is 10.9 Å². The van der Waals surface area contributed by atoms with E-state index >= 15 is 0 Å². The Balaban J connectivity index is 1.87. The van der Waals surface area contributed by atoms with Gasteiger partial charge in [-0.05, 0) is 57.0 Å². The maximum absolute atomic E-state index is 13.2. The van der Waals surface area contributed by atoms with E-state index in [1.807, 2.05) is 23.1 Å². The van der Waals surface area contributed by atoms with Crippen LogP contribution in [-0.4, -0.2) is 26.4 Å². The molecule has 28 heavy (non-hydrogen) atoms. The van der Waals surface area contributed by atoms with Crippen LogP contribution in [0, 0.1) is 0 Å². The van der Waals surface area contributed by atoms with Crippen molar-refractivity contribution >= 4 is 16.8 Å². The van der Waals surface area contributed by atoms with Crippen molar-refractivity contribution in [2.75, 3.05) is 0 Å². The van der Waals surface area contributed by atoms with Crippen LogP contribution in [0.15, 0.2) is 66.6 Å². The maximum atomic E-state index is 13.2. The Kier molecular flexibility index (Phi) is 6.30. The molecular formula is C24H29N3O. The molecule has 0 saturated carbocycles. The van der Waals surface area contributed by atoms with Gasteiger partial charge in [-0.3, -0.25) is 9.78 Å². The van der Waals surface area contributed by atoms with Crippen molar-refractivity contribution in [2.24, 2.45) is 0 Å². The lowest BCUT2D eigenvalue weighted by atomic mass is 10.1. The van der Waals surface area contributed by atoms with E-state index in [9.17, 15) is 4.79 Å². The molecular weight excluding hydrogens is 346 g/mol. The quantitative estimate of drug-likeness (QED) is 0.546. The molecule has 2 heterocycles. The lowest BCUT2D eigenvalue weighted by molar-refractivity contribution is -0.132. The van der Waals surface area contributed by atoms with Crippen LogP contribution < -0.4 is 0 Å². The zero-order chi connectivity index (χ0) is 20.1. The van der Waals surface area contributed by atoms with Crippen molar-refractivity contribution in [2.45, 2.75) is 53.2 Å². The van der Waals surface area contributed by atoms with E-state index in [0.717, 1.165) is 23.1 Å². The highest BCUT2D eigenvalue weighted by molar-refractivity contribution is 5.89. The van der Waals surface area contributed by atoms with Gasteiger partial charge in [-0.1, -0.05) is 29.8 Å². The average molecular weight is 376 g/mol. The predicted octanol–water partition coefficient (Wildman–Crippen LogP) is 4.98. The molecule has 0 aliphatic carbocycles. The summed E-state index contributed by atoms with van der Waals surface area (Å²) in [6.45, 7) is 9.78. The Labute approximate surface area is 167 Å². The molecule has 0 unspecified atom stereocenters. The molecule has 0 saturated heterocycles. The molecule has 0 fully saturated rings. The van der Waals surface area contributed by atoms with Crippen LogP contribution in [-0.2, 0) is 24.3 Å². The first kappa shape index (κ1) is 19.9. The Morgan fingerprint density at radius 2 is 1.89 bits per heavy atom. The molecule has 1 aromatic carbocycles. The van der Waals surface area contributed by atoms with Gasteiger partial charge in [-0.2, -0.15) is 0 Å². The maximum Gasteiger partial charge on any atom is 0.227 e. The summed E-state index contributed by atoms with van der Waals surface area (Å²) in [6.07, 6.45) is 8.23. The molecule has 4 nitrogen and oxygen atoms in total. The molecule has 0 aliphatic rings. The summed E-state index contributed by atoms with van der Waals surface area (Å²) in [7, 11) is 0. The number of para-hydroxylation sites is 1. The third-order valence-corrected chi connectivity index (χ3v) is 5.17. The Morgan fingerprint density at radius 3 is 2.57 bits per heavy atom. The SMILES string of the molecule is C/C=C(\C)Cn1cc(CC(=O)N(Cc2ccncc2)C(C)C)c2ccccc21. The number of carbonyl (C=O) groups excluding carboxylic acids is 1. The van der Waals surface area contributed by atoms with Crippen LogP contribution in [0.3, 0.4) is 0 Å². The van der Waals surface area contributed by atoms with E-state index in [0.29, 0.717) is 13.0 Å². The second-order valence-electron chi connectivity index (χ2n) is 7.58. The van der Waals surface area contributed by atoms with Crippen molar-refractivity contribution in [1.82, 2.24) is 14.5 Å². The fraction of sp³-hybridized carbons (Fsp3) is 0.333. The molecule has 1 amide bonds. The molecule has 0 spiro atoms. The van der Waals surface area contributed by atoms with Gasteiger partial charge < -0.3 is 9.47 Å². The van der Waals surface area contributed by atoms with Crippen LogP contribution in [0.5, 0.6) is 0 Å². The van der Waals surface area contributed by atoms with Crippen LogP contribution in [0.2, 0.25) is 0 Å². The van der Waals surface area contributed by atoms with Gasteiger partial charge in [-0.25, -0.2) is 0 Å². The molecule has 0 bridgehead atoms. The van der Waals surface area contributed by atoms with Gasteiger partial charge in [0.15, 0.2) is 0 Å². The lowest BCUT2D eigenvalue weighted by Gasteiger charge is -2.27.